The molecule has 0 radical (unpaired) electrons. The Labute approximate surface area is 217 Å². The van der Waals surface area contributed by atoms with Gasteiger partial charge in [-0.2, -0.15) is 0 Å². The van der Waals surface area contributed by atoms with Gasteiger partial charge in [-0.15, -0.1) is 0 Å². The van der Waals surface area contributed by atoms with Crippen LogP contribution in [0.5, 0.6) is 0 Å². The number of hydrogen-bond acceptors (Lipinski definition) is 6. The number of anilines is 1. The van der Waals surface area contributed by atoms with Crippen molar-refractivity contribution in [3.63, 3.8) is 0 Å². The molecule has 3 rings (SSSR count). The predicted molar refractivity (Wildman–Crippen MR) is 130 cm³/mol. The van der Waals surface area contributed by atoms with Crippen molar-refractivity contribution < 1.29 is 36.4 Å². The lowest BCUT2D eigenvalue weighted by molar-refractivity contribution is -0.153. The summed E-state index contributed by atoms with van der Waals surface area (Å²) in [6.45, 7) is 2.51. The molecule has 1 heterocycles. The van der Waals surface area contributed by atoms with Crippen LogP contribution in [0.25, 0.3) is 0 Å². The number of aliphatic hydroxyl groups excluding tert-OH is 1. The smallest absolute Gasteiger partial charge is 0.308 e. The fourth-order valence-corrected chi connectivity index (χ4v) is 3.57. The van der Waals surface area contributed by atoms with Crippen LogP contribution in [0.2, 0.25) is 5.02 Å². The molecular formula is C23H27Br2ClN3O4-. The molecule has 1 amide bonds. The number of ether oxygens (including phenoxy) is 1. The topological polar surface area (TPSA) is 114 Å². The maximum absolute atomic E-state index is 12.7. The molecule has 0 aliphatic carbocycles. The summed E-state index contributed by atoms with van der Waals surface area (Å²) in [5, 5.41) is 10.8. The number of nitrogens with two attached hydrogens (primary N) is 1. The van der Waals surface area contributed by atoms with Crippen molar-refractivity contribution in [1.82, 2.24) is 0 Å². The summed E-state index contributed by atoms with van der Waals surface area (Å²) < 4.78 is 6.21. The lowest BCUT2D eigenvalue weighted by atomic mass is 10.0. The number of aliphatic hydroxyl groups is 1. The fourth-order valence-electron chi connectivity index (χ4n) is 2.98. The summed E-state index contributed by atoms with van der Waals surface area (Å²) in [6.07, 6.45) is 1.24. The number of carbonyl (C=O) groups excluding carboxylic acids is 2. The number of nitrogens with zero attached hydrogens (tertiary/aromatic N) is 1. The number of aliphatic imine (C=N–C) groups is 1. The Balaban J connectivity index is 0.00000129. The highest BCUT2D eigenvalue weighted by atomic mass is 79.9. The fraction of sp³-hybridized carbons (Fsp3) is 0.348. The van der Waals surface area contributed by atoms with Gasteiger partial charge in [0.1, 0.15) is 0 Å². The third kappa shape index (κ3) is 8.83. The van der Waals surface area contributed by atoms with Crippen LogP contribution in [0.4, 0.5) is 5.69 Å². The average Bonchev–Trinajstić information content (AvgIpc) is 2.89. The second kappa shape index (κ2) is 15.2. The molecule has 0 fully saturated rings. The third-order valence-corrected chi connectivity index (χ3v) is 5.25. The Morgan fingerprint density at radius 2 is 1.91 bits per heavy atom. The van der Waals surface area contributed by atoms with E-state index in [4.69, 9.17) is 27.2 Å². The third-order valence-electron chi connectivity index (χ3n) is 4.42. The number of rotatable bonds is 7. The lowest BCUT2D eigenvalue weighted by Crippen LogP contribution is -3.00. The minimum atomic E-state index is -1.30. The molecule has 1 unspecified atom stereocenters. The quantitative estimate of drug-likeness (QED) is 0.326. The van der Waals surface area contributed by atoms with Gasteiger partial charge in [-0.3, -0.25) is 9.59 Å². The molecule has 10 heteroatoms. The highest BCUT2D eigenvalue weighted by Crippen LogP contribution is 2.30. The van der Waals surface area contributed by atoms with Crippen molar-refractivity contribution in [3.8, 4) is 0 Å². The van der Waals surface area contributed by atoms with E-state index in [1.807, 2.05) is 30.3 Å². The predicted octanol–water partition coefficient (Wildman–Crippen LogP) is 1.28. The number of halogens is 3. The SMILES string of the molecule is CCO.NCCCCCC(=O)OC1N=C(c2ccccc2Cl)c2cc(Br)ccc2NC1=O.[Br-]. The average molecular weight is 605 g/mol. The number of fused-ring (bicyclic) bond motifs is 1. The number of nitrogens with one attached hydrogen (secondary N) is 1. The van der Waals surface area contributed by atoms with E-state index in [-0.39, 0.29) is 30.0 Å². The molecular weight excluding hydrogens is 578 g/mol. The summed E-state index contributed by atoms with van der Waals surface area (Å²) in [7, 11) is 0. The van der Waals surface area contributed by atoms with Crippen molar-refractivity contribution in [2.75, 3.05) is 18.5 Å². The van der Waals surface area contributed by atoms with Gasteiger partial charge >= 0.3 is 5.97 Å². The van der Waals surface area contributed by atoms with Gasteiger partial charge in [-0.1, -0.05) is 52.2 Å². The Morgan fingerprint density at radius 3 is 2.58 bits per heavy atom. The number of benzene rings is 2. The molecule has 1 aliphatic rings. The molecule has 0 bridgehead atoms. The zero-order chi connectivity index (χ0) is 23.5. The monoisotopic (exact) mass is 602 g/mol. The molecule has 33 heavy (non-hydrogen) atoms. The van der Waals surface area contributed by atoms with Gasteiger partial charge in [-0.05, 0) is 50.6 Å². The van der Waals surface area contributed by atoms with Gasteiger partial charge in [-0.25, -0.2) is 4.99 Å². The second-order valence-corrected chi connectivity index (χ2v) is 8.22. The molecule has 0 aromatic heterocycles. The van der Waals surface area contributed by atoms with E-state index in [1.165, 1.54) is 0 Å². The Kier molecular flexibility index (Phi) is 13.5. The molecule has 0 saturated carbocycles. The van der Waals surface area contributed by atoms with Gasteiger partial charge in [0, 0.05) is 33.6 Å². The minimum Gasteiger partial charge on any atom is -1.00 e. The van der Waals surface area contributed by atoms with E-state index in [2.05, 4.69) is 26.2 Å². The summed E-state index contributed by atoms with van der Waals surface area (Å²) in [5.74, 6) is -0.984. The normalized spacial score (nSPS) is 14.4. The maximum Gasteiger partial charge on any atom is 0.308 e. The van der Waals surface area contributed by atoms with Crippen LogP contribution < -0.4 is 28.0 Å². The maximum atomic E-state index is 12.7. The van der Waals surface area contributed by atoms with Crippen LogP contribution in [0, 0.1) is 0 Å². The first-order valence-corrected chi connectivity index (χ1v) is 11.5. The molecule has 2 aromatic carbocycles. The second-order valence-electron chi connectivity index (χ2n) is 6.89. The molecule has 1 aliphatic heterocycles. The van der Waals surface area contributed by atoms with E-state index in [0.717, 1.165) is 17.3 Å². The number of benzodiazepines with no additional fused rings is 1. The van der Waals surface area contributed by atoms with E-state index in [9.17, 15) is 9.59 Å². The zero-order valence-electron chi connectivity index (χ0n) is 18.2. The van der Waals surface area contributed by atoms with Crippen molar-refractivity contribution >= 4 is 50.8 Å². The van der Waals surface area contributed by atoms with Crippen molar-refractivity contribution in [1.29, 1.82) is 0 Å². The highest BCUT2D eigenvalue weighted by Gasteiger charge is 2.29. The molecule has 4 N–H and O–H groups in total. The Bertz CT molecular complexity index is 972. The van der Waals surface area contributed by atoms with Gasteiger partial charge in [0.2, 0.25) is 0 Å². The lowest BCUT2D eigenvalue weighted by Gasteiger charge is -2.13. The minimum absolute atomic E-state index is 0. The largest absolute Gasteiger partial charge is 1.00 e. The molecule has 0 saturated heterocycles. The first-order chi connectivity index (χ1) is 15.4. The van der Waals surface area contributed by atoms with Gasteiger partial charge in [0.25, 0.3) is 12.1 Å². The molecule has 0 spiro atoms. The summed E-state index contributed by atoms with van der Waals surface area (Å²) in [5.41, 5.74) is 7.84. The van der Waals surface area contributed by atoms with E-state index < -0.39 is 18.1 Å². The van der Waals surface area contributed by atoms with Gasteiger partial charge < -0.3 is 37.9 Å². The van der Waals surface area contributed by atoms with Crippen molar-refractivity contribution in [2.45, 2.75) is 38.8 Å². The number of carbonyl (C=O) groups is 2. The number of unbranched alkanes of at least 4 members (excludes halogenated alkanes) is 2. The van der Waals surface area contributed by atoms with E-state index in [0.29, 0.717) is 40.5 Å². The van der Waals surface area contributed by atoms with Crippen LogP contribution >= 0.6 is 27.5 Å². The van der Waals surface area contributed by atoms with E-state index in [1.54, 1.807) is 19.1 Å². The standard InChI is InChI=1S/C21H21BrClN3O3.C2H6O.BrH/c22-13-9-10-17-15(12-13)19(14-6-3-4-7-16(14)23)26-21(20(28)25-17)29-18(27)8-2-1-5-11-24;1-2-3;/h3-4,6-7,9-10,12,21H,1-2,5,8,11,24H2,(H,25,28);3H,2H2,1H3;1H/p-1. The van der Waals surface area contributed by atoms with Crippen LogP contribution in [0.3, 0.4) is 0 Å². The van der Waals surface area contributed by atoms with Crippen LogP contribution in [-0.2, 0) is 14.3 Å². The van der Waals surface area contributed by atoms with Crippen molar-refractivity contribution in [2.24, 2.45) is 10.7 Å². The zero-order valence-corrected chi connectivity index (χ0v) is 22.1. The van der Waals surface area contributed by atoms with Gasteiger partial charge in [0.15, 0.2) is 0 Å². The van der Waals surface area contributed by atoms with Crippen molar-refractivity contribution in [3.05, 3.63) is 63.1 Å². The molecule has 2 aromatic rings. The first kappa shape index (κ1) is 29.3. The molecule has 1 atom stereocenters. The Morgan fingerprint density at radius 1 is 1.21 bits per heavy atom. The van der Waals surface area contributed by atoms with Crippen LogP contribution in [-0.4, -0.2) is 42.1 Å². The van der Waals surface area contributed by atoms with Crippen LogP contribution in [0.1, 0.15) is 43.7 Å². The van der Waals surface area contributed by atoms with Crippen LogP contribution in [0.15, 0.2) is 51.9 Å². The molecule has 7 nitrogen and oxygen atoms in total. The van der Waals surface area contributed by atoms with Gasteiger partial charge in [0.05, 0.1) is 11.4 Å². The molecule has 180 valence electrons. The van der Waals surface area contributed by atoms with E-state index >= 15 is 0 Å². The number of hydrogen-bond donors (Lipinski definition) is 3. The first-order valence-electron chi connectivity index (χ1n) is 10.3. The number of amides is 1. The number of esters is 1. The highest BCUT2D eigenvalue weighted by molar-refractivity contribution is 9.10. The summed E-state index contributed by atoms with van der Waals surface area (Å²) >= 11 is 9.84. The summed E-state index contributed by atoms with van der Waals surface area (Å²) in [6, 6.07) is 12.6. The summed E-state index contributed by atoms with van der Waals surface area (Å²) in [4.78, 5) is 29.4. The Hall–Kier alpha value is -1.78.